The maximum absolute atomic E-state index is 6.02. The molecule has 4 heteroatoms. The Kier molecular flexibility index (Phi) is 5.23. The Balaban J connectivity index is 2.04. The Morgan fingerprint density at radius 3 is 2.21 bits per heavy atom. The zero-order valence-corrected chi connectivity index (χ0v) is 12.0. The largest absolute Gasteiger partial charge is 0.271 e. The van der Waals surface area contributed by atoms with Gasteiger partial charge in [0.05, 0.1) is 10.0 Å². The van der Waals surface area contributed by atoms with E-state index in [0.29, 0.717) is 10.0 Å². The Morgan fingerprint density at radius 2 is 1.58 bits per heavy atom. The smallest absolute Gasteiger partial charge is 0.0595 e. The number of nitrogens with two attached hydrogens (primary N) is 1. The number of hydrazine groups is 1. The van der Waals surface area contributed by atoms with Crippen LogP contribution in [-0.2, 0) is 12.8 Å². The normalized spacial score (nSPS) is 12.4. The molecule has 0 aliphatic rings. The highest BCUT2D eigenvalue weighted by Crippen LogP contribution is 2.23. The number of rotatable bonds is 5. The summed E-state index contributed by atoms with van der Waals surface area (Å²) in [5.41, 5.74) is 5.23. The van der Waals surface area contributed by atoms with Gasteiger partial charge in [-0.3, -0.25) is 11.3 Å². The zero-order valence-electron chi connectivity index (χ0n) is 10.4. The first-order valence-electron chi connectivity index (χ1n) is 6.13. The van der Waals surface area contributed by atoms with Crippen molar-refractivity contribution in [3.05, 3.63) is 69.7 Å². The summed E-state index contributed by atoms with van der Waals surface area (Å²) >= 11 is 11.9. The first-order chi connectivity index (χ1) is 9.19. The number of hydrogen-bond donors (Lipinski definition) is 2. The van der Waals surface area contributed by atoms with Crippen molar-refractivity contribution in [3.63, 3.8) is 0 Å². The van der Waals surface area contributed by atoms with Crippen molar-refractivity contribution >= 4 is 23.2 Å². The maximum atomic E-state index is 6.02. The molecule has 0 fully saturated rings. The fourth-order valence-corrected chi connectivity index (χ4v) is 2.36. The Hall–Kier alpha value is -1.06. The molecule has 1 atom stereocenters. The molecule has 2 rings (SSSR count). The standard InChI is InChI=1S/C15H16Cl2N2/c16-14-7-6-12(10-15(14)17)9-13(19-18)8-11-4-2-1-3-5-11/h1-7,10,13,19H,8-9,18H2. The van der Waals surface area contributed by atoms with Gasteiger partial charge < -0.3 is 0 Å². The molecule has 0 amide bonds. The van der Waals surface area contributed by atoms with Crippen LogP contribution >= 0.6 is 23.2 Å². The summed E-state index contributed by atoms with van der Waals surface area (Å²) in [5.74, 6) is 5.63. The van der Waals surface area contributed by atoms with Crippen molar-refractivity contribution in [2.24, 2.45) is 5.84 Å². The number of hydrogen-bond acceptors (Lipinski definition) is 2. The van der Waals surface area contributed by atoms with Crippen molar-refractivity contribution in [2.45, 2.75) is 18.9 Å². The van der Waals surface area contributed by atoms with Crippen molar-refractivity contribution in [1.82, 2.24) is 5.43 Å². The number of halogens is 2. The van der Waals surface area contributed by atoms with Gasteiger partial charge >= 0.3 is 0 Å². The van der Waals surface area contributed by atoms with Gasteiger partial charge in [-0.05, 0) is 36.1 Å². The molecule has 2 aromatic rings. The van der Waals surface area contributed by atoms with E-state index in [2.05, 4.69) is 17.6 Å². The van der Waals surface area contributed by atoms with Crippen molar-refractivity contribution in [2.75, 3.05) is 0 Å². The monoisotopic (exact) mass is 294 g/mol. The first-order valence-corrected chi connectivity index (χ1v) is 6.88. The third-order valence-electron chi connectivity index (χ3n) is 3.03. The van der Waals surface area contributed by atoms with Crippen LogP contribution in [0, 0.1) is 0 Å². The molecule has 0 aliphatic carbocycles. The quantitative estimate of drug-likeness (QED) is 0.653. The summed E-state index contributed by atoms with van der Waals surface area (Å²) in [4.78, 5) is 0. The van der Waals surface area contributed by atoms with E-state index in [1.54, 1.807) is 0 Å². The van der Waals surface area contributed by atoms with E-state index in [4.69, 9.17) is 29.0 Å². The first kappa shape index (κ1) is 14.4. The van der Waals surface area contributed by atoms with Crippen LogP contribution in [0.2, 0.25) is 10.0 Å². The van der Waals surface area contributed by atoms with E-state index in [0.717, 1.165) is 18.4 Å². The van der Waals surface area contributed by atoms with Crippen molar-refractivity contribution in [3.8, 4) is 0 Å². The summed E-state index contributed by atoms with van der Waals surface area (Å²) in [7, 11) is 0. The number of nitrogens with one attached hydrogen (secondary N) is 1. The highest BCUT2D eigenvalue weighted by Gasteiger charge is 2.10. The molecule has 19 heavy (non-hydrogen) atoms. The topological polar surface area (TPSA) is 38.0 Å². The molecule has 3 N–H and O–H groups in total. The minimum Gasteiger partial charge on any atom is -0.271 e. The van der Waals surface area contributed by atoms with Gasteiger partial charge in [-0.15, -0.1) is 0 Å². The van der Waals surface area contributed by atoms with E-state index < -0.39 is 0 Å². The molecule has 2 aromatic carbocycles. The Morgan fingerprint density at radius 1 is 0.895 bits per heavy atom. The highest BCUT2D eigenvalue weighted by atomic mass is 35.5. The number of benzene rings is 2. The van der Waals surface area contributed by atoms with Crippen molar-refractivity contribution in [1.29, 1.82) is 0 Å². The van der Waals surface area contributed by atoms with Gasteiger partial charge in [0, 0.05) is 6.04 Å². The Labute approximate surface area is 123 Å². The van der Waals surface area contributed by atoms with Crippen LogP contribution in [0.5, 0.6) is 0 Å². The van der Waals surface area contributed by atoms with Crippen molar-refractivity contribution < 1.29 is 0 Å². The molecule has 0 saturated carbocycles. The molecule has 1 unspecified atom stereocenters. The highest BCUT2D eigenvalue weighted by molar-refractivity contribution is 6.42. The minimum atomic E-state index is 0.166. The van der Waals surface area contributed by atoms with E-state index >= 15 is 0 Å². The van der Waals surface area contributed by atoms with Gasteiger partial charge in [0.25, 0.3) is 0 Å². The van der Waals surface area contributed by atoms with Gasteiger partial charge in [-0.2, -0.15) is 0 Å². The molecule has 100 valence electrons. The summed E-state index contributed by atoms with van der Waals surface area (Å²) < 4.78 is 0. The molecule has 0 spiro atoms. The second-order valence-corrected chi connectivity index (χ2v) is 5.32. The maximum Gasteiger partial charge on any atom is 0.0595 e. The van der Waals surface area contributed by atoms with Gasteiger partial charge in [0.2, 0.25) is 0 Å². The van der Waals surface area contributed by atoms with Gasteiger partial charge in [-0.1, -0.05) is 59.6 Å². The lowest BCUT2D eigenvalue weighted by Crippen LogP contribution is -2.38. The molecule has 0 saturated heterocycles. The third kappa shape index (κ3) is 4.22. The third-order valence-corrected chi connectivity index (χ3v) is 3.77. The van der Waals surface area contributed by atoms with E-state index in [9.17, 15) is 0 Å². The van der Waals surface area contributed by atoms with Crippen LogP contribution in [0.3, 0.4) is 0 Å². The fraction of sp³-hybridized carbons (Fsp3) is 0.200. The summed E-state index contributed by atoms with van der Waals surface area (Å²) in [6, 6.07) is 16.1. The molecule has 0 heterocycles. The average Bonchev–Trinajstić information content (AvgIpc) is 2.43. The molecular weight excluding hydrogens is 279 g/mol. The zero-order chi connectivity index (χ0) is 13.7. The molecule has 0 radical (unpaired) electrons. The van der Waals surface area contributed by atoms with Gasteiger partial charge in [0.1, 0.15) is 0 Å². The average molecular weight is 295 g/mol. The van der Waals surface area contributed by atoms with Crippen LogP contribution in [0.4, 0.5) is 0 Å². The minimum absolute atomic E-state index is 0.166. The predicted molar refractivity (Wildman–Crippen MR) is 81.4 cm³/mol. The molecule has 0 aromatic heterocycles. The molecular formula is C15H16Cl2N2. The summed E-state index contributed by atoms with van der Waals surface area (Å²) in [6.07, 6.45) is 1.68. The lowest BCUT2D eigenvalue weighted by atomic mass is 9.99. The molecule has 0 aliphatic heterocycles. The lowest BCUT2D eigenvalue weighted by Gasteiger charge is -2.16. The van der Waals surface area contributed by atoms with Gasteiger partial charge in [-0.25, -0.2) is 0 Å². The van der Waals surface area contributed by atoms with Crippen LogP contribution in [0.1, 0.15) is 11.1 Å². The summed E-state index contributed by atoms with van der Waals surface area (Å²) in [6.45, 7) is 0. The second kappa shape index (κ2) is 6.92. The van der Waals surface area contributed by atoms with E-state index in [-0.39, 0.29) is 6.04 Å². The second-order valence-electron chi connectivity index (χ2n) is 4.51. The van der Waals surface area contributed by atoms with Crippen LogP contribution in [0.15, 0.2) is 48.5 Å². The summed E-state index contributed by atoms with van der Waals surface area (Å²) in [5, 5.41) is 1.15. The lowest BCUT2D eigenvalue weighted by molar-refractivity contribution is 0.522. The van der Waals surface area contributed by atoms with Gasteiger partial charge in [0.15, 0.2) is 0 Å². The molecule has 0 bridgehead atoms. The Bertz CT molecular complexity index is 529. The van der Waals surface area contributed by atoms with E-state index in [1.165, 1.54) is 5.56 Å². The van der Waals surface area contributed by atoms with Crippen LogP contribution in [0.25, 0.3) is 0 Å². The predicted octanol–water partition coefficient (Wildman–Crippen LogP) is 3.61. The fourth-order valence-electron chi connectivity index (χ4n) is 2.04. The van der Waals surface area contributed by atoms with Crippen LogP contribution < -0.4 is 11.3 Å². The van der Waals surface area contributed by atoms with E-state index in [1.807, 2.05) is 36.4 Å². The van der Waals surface area contributed by atoms with Crippen LogP contribution in [-0.4, -0.2) is 6.04 Å². The SMILES string of the molecule is NNC(Cc1ccccc1)Cc1ccc(Cl)c(Cl)c1. The molecule has 2 nitrogen and oxygen atoms in total.